The van der Waals surface area contributed by atoms with Gasteiger partial charge < -0.3 is 5.32 Å². The monoisotopic (exact) mass is 239 g/mol. The molecule has 0 saturated heterocycles. The molecular weight excluding hydrogens is 218 g/mol. The van der Waals surface area contributed by atoms with Crippen molar-refractivity contribution >= 4 is 10.8 Å². The van der Waals surface area contributed by atoms with Crippen molar-refractivity contribution in [3.05, 3.63) is 35.9 Å². The standard InChI is InChI=1S/C13H21NOS/c1-12(13-6-4-3-5-7-13)8-9-14-10-11-16(2)15/h3-7,12,14H,8-11H2,1-2H3. The van der Waals surface area contributed by atoms with Gasteiger partial charge in [0.15, 0.2) is 0 Å². The van der Waals surface area contributed by atoms with Crippen molar-refractivity contribution in [1.29, 1.82) is 0 Å². The predicted molar refractivity (Wildman–Crippen MR) is 71.3 cm³/mol. The maximum Gasteiger partial charge on any atom is 0.0357 e. The van der Waals surface area contributed by atoms with Gasteiger partial charge in [-0.2, -0.15) is 0 Å². The molecule has 0 radical (unpaired) electrons. The summed E-state index contributed by atoms with van der Waals surface area (Å²) in [6.45, 7) is 4.09. The van der Waals surface area contributed by atoms with Gasteiger partial charge in [0, 0.05) is 29.4 Å². The summed E-state index contributed by atoms with van der Waals surface area (Å²) < 4.78 is 10.8. The first kappa shape index (κ1) is 13.4. The van der Waals surface area contributed by atoms with E-state index in [4.69, 9.17) is 0 Å². The molecule has 1 aromatic carbocycles. The van der Waals surface area contributed by atoms with Crippen LogP contribution in [0.25, 0.3) is 0 Å². The van der Waals surface area contributed by atoms with Crippen LogP contribution in [0, 0.1) is 0 Å². The second kappa shape index (κ2) is 7.58. The second-order valence-electron chi connectivity index (χ2n) is 4.13. The topological polar surface area (TPSA) is 29.1 Å². The average Bonchev–Trinajstić information content (AvgIpc) is 2.29. The van der Waals surface area contributed by atoms with E-state index < -0.39 is 10.8 Å². The molecule has 90 valence electrons. The number of nitrogens with one attached hydrogen (secondary N) is 1. The van der Waals surface area contributed by atoms with Gasteiger partial charge in [-0.3, -0.25) is 4.21 Å². The second-order valence-corrected chi connectivity index (χ2v) is 5.68. The minimum atomic E-state index is -0.678. The lowest BCUT2D eigenvalue weighted by molar-refractivity contribution is 0.608. The van der Waals surface area contributed by atoms with E-state index in [1.807, 2.05) is 6.07 Å². The van der Waals surface area contributed by atoms with Gasteiger partial charge in [-0.25, -0.2) is 0 Å². The number of hydrogen-bond donors (Lipinski definition) is 1. The van der Waals surface area contributed by atoms with Crippen LogP contribution in [0.15, 0.2) is 30.3 Å². The van der Waals surface area contributed by atoms with Crippen LogP contribution < -0.4 is 5.32 Å². The largest absolute Gasteiger partial charge is 0.316 e. The highest BCUT2D eigenvalue weighted by atomic mass is 32.2. The molecule has 2 atom stereocenters. The zero-order valence-corrected chi connectivity index (χ0v) is 10.9. The van der Waals surface area contributed by atoms with Crippen molar-refractivity contribution in [1.82, 2.24) is 5.32 Å². The van der Waals surface area contributed by atoms with Gasteiger partial charge in [-0.15, -0.1) is 0 Å². The molecule has 0 aliphatic heterocycles. The molecular formula is C13H21NOS. The molecule has 2 nitrogen and oxygen atoms in total. The smallest absolute Gasteiger partial charge is 0.0357 e. The minimum absolute atomic E-state index is 0.584. The summed E-state index contributed by atoms with van der Waals surface area (Å²) in [6, 6.07) is 10.6. The Morgan fingerprint density at radius 2 is 1.94 bits per heavy atom. The lowest BCUT2D eigenvalue weighted by Gasteiger charge is -2.12. The fourth-order valence-electron chi connectivity index (χ4n) is 1.61. The Morgan fingerprint density at radius 3 is 2.56 bits per heavy atom. The summed E-state index contributed by atoms with van der Waals surface area (Å²) in [5.41, 5.74) is 1.39. The third-order valence-corrected chi connectivity index (χ3v) is 3.47. The Morgan fingerprint density at radius 1 is 1.25 bits per heavy atom. The van der Waals surface area contributed by atoms with Crippen LogP contribution in [-0.4, -0.2) is 29.3 Å². The highest BCUT2D eigenvalue weighted by Crippen LogP contribution is 2.17. The molecule has 0 amide bonds. The number of benzene rings is 1. The Bertz CT molecular complexity index is 313. The molecule has 3 heteroatoms. The van der Waals surface area contributed by atoms with Gasteiger partial charge in [0.1, 0.15) is 0 Å². The fourth-order valence-corrected chi connectivity index (χ4v) is 2.04. The quantitative estimate of drug-likeness (QED) is 0.739. The average molecular weight is 239 g/mol. The highest BCUT2D eigenvalue weighted by molar-refractivity contribution is 7.84. The zero-order chi connectivity index (χ0) is 11.8. The van der Waals surface area contributed by atoms with Crippen molar-refractivity contribution in [3.8, 4) is 0 Å². The maximum atomic E-state index is 10.8. The minimum Gasteiger partial charge on any atom is -0.316 e. The van der Waals surface area contributed by atoms with Crippen LogP contribution in [0.2, 0.25) is 0 Å². The number of rotatable bonds is 7. The first-order valence-electron chi connectivity index (χ1n) is 5.76. The van der Waals surface area contributed by atoms with Gasteiger partial charge >= 0.3 is 0 Å². The van der Waals surface area contributed by atoms with Crippen molar-refractivity contribution in [2.75, 3.05) is 25.1 Å². The Kier molecular flexibility index (Phi) is 6.34. The van der Waals surface area contributed by atoms with Crippen molar-refractivity contribution in [2.24, 2.45) is 0 Å². The van der Waals surface area contributed by atoms with Crippen LogP contribution in [0.1, 0.15) is 24.8 Å². The van der Waals surface area contributed by atoms with Gasteiger partial charge in [0.2, 0.25) is 0 Å². The third-order valence-electron chi connectivity index (χ3n) is 2.69. The van der Waals surface area contributed by atoms with Crippen LogP contribution >= 0.6 is 0 Å². The lowest BCUT2D eigenvalue weighted by Crippen LogP contribution is -2.22. The molecule has 0 saturated carbocycles. The third kappa shape index (κ3) is 5.42. The first-order valence-corrected chi connectivity index (χ1v) is 7.48. The Hall–Kier alpha value is -0.670. The van der Waals surface area contributed by atoms with Crippen LogP contribution in [0.3, 0.4) is 0 Å². The molecule has 2 unspecified atom stereocenters. The van der Waals surface area contributed by atoms with E-state index >= 15 is 0 Å². The molecule has 16 heavy (non-hydrogen) atoms. The van der Waals surface area contributed by atoms with Crippen LogP contribution in [0.4, 0.5) is 0 Å². The molecule has 0 heterocycles. The van der Waals surface area contributed by atoms with Crippen molar-refractivity contribution in [3.63, 3.8) is 0 Å². The SMILES string of the molecule is CC(CCNCCS(C)=O)c1ccccc1. The predicted octanol–water partition coefficient (Wildman–Crippen LogP) is 2.15. The van der Waals surface area contributed by atoms with Crippen LogP contribution in [0.5, 0.6) is 0 Å². The van der Waals surface area contributed by atoms with Gasteiger partial charge in [-0.05, 0) is 24.4 Å². The Labute approximate surface area is 101 Å². The van der Waals surface area contributed by atoms with E-state index in [1.165, 1.54) is 5.56 Å². The maximum absolute atomic E-state index is 10.8. The molecule has 0 bridgehead atoms. The summed E-state index contributed by atoms with van der Waals surface area (Å²) in [5.74, 6) is 1.33. The van der Waals surface area contributed by atoms with Gasteiger partial charge in [-0.1, -0.05) is 37.3 Å². The Balaban J connectivity index is 2.16. The lowest BCUT2D eigenvalue weighted by atomic mass is 9.98. The van der Waals surface area contributed by atoms with E-state index in [-0.39, 0.29) is 0 Å². The summed E-state index contributed by atoms with van der Waals surface area (Å²) in [6.07, 6.45) is 2.87. The molecule has 0 aromatic heterocycles. The number of hydrogen-bond acceptors (Lipinski definition) is 2. The summed E-state index contributed by atoms with van der Waals surface area (Å²) >= 11 is 0. The zero-order valence-electron chi connectivity index (χ0n) is 10.1. The fraction of sp³-hybridized carbons (Fsp3) is 0.538. The van der Waals surface area contributed by atoms with Crippen molar-refractivity contribution < 1.29 is 4.21 Å². The first-order chi connectivity index (χ1) is 7.70. The molecule has 1 rings (SSSR count). The van der Waals surface area contributed by atoms with E-state index in [1.54, 1.807) is 6.26 Å². The summed E-state index contributed by atoms with van der Waals surface area (Å²) in [7, 11) is -0.678. The van der Waals surface area contributed by atoms with E-state index in [2.05, 4.69) is 36.5 Å². The highest BCUT2D eigenvalue weighted by Gasteiger charge is 2.03. The molecule has 0 aliphatic carbocycles. The van der Waals surface area contributed by atoms with E-state index in [0.29, 0.717) is 5.92 Å². The van der Waals surface area contributed by atoms with Crippen LogP contribution in [-0.2, 0) is 10.8 Å². The summed E-state index contributed by atoms with van der Waals surface area (Å²) in [4.78, 5) is 0. The molecule has 1 aromatic rings. The van der Waals surface area contributed by atoms with E-state index in [9.17, 15) is 4.21 Å². The molecule has 1 N–H and O–H groups in total. The molecule has 0 fully saturated rings. The molecule has 0 spiro atoms. The normalized spacial score (nSPS) is 14.6. The summed E-state index contributed by atoms with van der Waals surface area (Å²) in [5, 5.41) is 3.32. The van der Waals surface area contributed by atoms with E-state index in [0.717, 1.165) is 25.3 Å². The van der Waals surface area contributed by atoms with Gasteiger partial charge in [0.05, 0.1) is 0 Å². The van der Waals surface area contributed by atoms with Gasteiger partial charge in [0.25, 0.3) is 0 Å². The van der Waals surface area contributed by atoms with Crippen molar-refractivity contribution in [2.45, 2.75) is 19.3 Å². The molecule has 0 aliphatic rings.